The number of carboxylic acid groups (broad SMARTS) is 1. The Hall–Kier alpha value is -1.90. The number of rotatable bonds is 5. The van der Waals surface area contributed by atoms with Crippen LogP contribution in [0.5, 0.6) is 0 Å². The monoisotopic (exact) mass is 268 g/mol. The average molecular weight is 268 g/mol. The van der Waals surface area contributed by atoms with E-state index in [1.807, 2.05) is 0 Å². The van der Waals surface area contributed by atoms with Gasteiger partial charge < -0.3 is 14.6 Å². The van der Waals surface area contributed by atoms with E-state index >= 15 is 0 Å². The third-order valence-corrected chi connectivity index (χ3v) is 2.59. The Morgan fingerprint density at radius 3 is 2.72 bits per heavy atom. The zero-order chi connectivity index (χ0) is 13.7. The van der Waals surface area contributed by atoms with Crippen LogP contribution in [0.2, 0.25) is 0 Å². The summed E-state index contributed by atoms with van der Waals surface area (Å²) in [7, 11) is 4.65. The maximum Gasteiger partial charge on any atom is 0.378 e. The quantitative estimate of drug-likeness (QED) is 0.467. The number of carbonyl (C=O) groups is 2. The van der Waals surface area contributed by atoms with E-state index in [0.29, 0.717) is 5.01 Å². The molecule has 1 rings (SSSR count). The van der Waals surface area contributed by atoms with Crippen molar-refractivity contribution in [3.63, 3.8) is 0 Å². The van der Waals surface area contributed by atoms with E-state index in [2.05, 4.69) is 22.8 Å². The van der Waals surface area contributed by atoms with E-state index < -0.39 is 23.8 Å². The molecule has 0 fully saturated rings. The van der Waals surface area contributed by atoms with Gasteiger partial charge in [-0.25, -0.2) is 14.6 Å². The van der Waals surface area contributed by atoms with Crippen LogP contribution in [-0.4, -0.2) is 41.9 Å². The molecular weight excluding hydrogens is 259 g/mol. The highest BCUT2D eigenvalue weighted by Gasteiger charge is 2.19. The molecule has 0 unspecified atom stereocenters. The number of thiazole rings is 1. The number of nitrogens with zero attached hydrogens (tertiary/aromatic N) is 2. The smallest absolute Gasteiger partial charge is 0.378 e. The molecule has 0 saturated heterocycles. The maximum atomic E-state index is 11.0. The van der Waals surface area contributed by atoms with Crippen LogP contribution in [0.1, 0.15) is 17.6 Å². The Bertz CT molecular complexity index is 487. The molecule has 0 saturated carbocycles. The number of aryl methyl sites for hydroxylation is 1. The molecule has 0 aromatic carbocycles. The van der Waals surface area contributed by atoms with Gasteiger partial charge in [0.05, 0.1) is 5.01 Å². The zero-order valence-electron chi connectivity index (χ0n) is 9.61. The third kappa shape index (κ3) is 3.55. The molecule has 7 nitrogen and oxygen atoms in total. The maximum absolute atomic E-state index is 11.0. The summed E-state index contributed by atoms with van der Waals surface area (Å²) in [5, 5.41) is 14.6. The van der Waals surface area contributed by atoms with Crippen LogP contribution in [-0.2, 0) is 19.1 Å². The molecule has 0 aliphatic carbocycles. The molecule has 1 aromatic rings. The highest BCUT2D eigenvalue weighted by molar-refractivity contribution is 7.09. The van der Waals surface area contributed by atoms with E-state index in [1.54, 1.807) is 6.92 Å². The lowest BCUT2D eigenvalue weighted by Crippen LogP contribution is -2.23. The van der Waals surface area contributed by atoms with Crippen molar-refractivity contribution < 1.29 is 24.2 Å². The van der Waals surface area contributed by atoms with E-state index in [4.69, 9.17) is 9.94 Å². The van der Waals surface area contributed by atoms with Crippen molar-refractivity contribution in [2.24, 2.45) is 5.16 Å². The predicted molar refractivity (Wildman–Crippen MR) is 63.4 cm³/mol. The first-order valence-corrected chi connectivity index (χ1v) is 5.63. The number of hydrogen-bond donors (Lipinski definition) is 1. The van der Waals surface area contributed by atoms with Crippen LogP contribution in [0.3, 0.4) is 0 Å². The molecule has 1 heterocycles. The lowest BCUT2D eigenvalue weighted by molar-refractivity contribution is -0.146. The number of aromatic nitrogens is 1. The second-order valence-electron chi connectivity index (χ2n) is 3.18. The van der Waals surface area contributed by atoms with Crippen LogP contribution in [0, 0.1) is 6.92 Å². The Balaban J connectivity index is 2.86. The normalized spacial score (nSPS) is 12.9. The zero-order valence-corrected chi connectivity index (χ0v) is 10.4. The summed E-state index contributed by atoms with van der Waals surface area (Å²) in [6.07, 6.45) is -1.11. The first-order chi connectivity index (χ1) is 8.45. The molecule has 2 radical (unpaired) electrons. The Morgan fingerprint density at radius 2 is 2.28 bits per heavy atom. The summed E-state index contributed by atoms with van der Waals surface area (Å²) in [5.74, 6) is -2.17. The minimum Gasteiger partial charge on any atom is -0.541 e. The Morgan fingerprint density at radius 1 is 1.61 bits per heavy atom. The molecule has 0 amide bonds. The molecule has 1 N–H and O–H groups in total. The SMILES string of the molecule is [B]OC(=O)[C@@H](C)O/N=C(\C(=O)O)c1csc(C)n1. The molecule has 0 aliphatic heterocycles. The molecule has 1 atom stereocenters. The molecule has 0 spiro atoms. The van der Waals surface area contributed by atoms with Crippen molar-refractivity contribution in [2.75, 3.05) is 0 Å². The van der Waals surface area contributed by atoms with Gasteiger partial charge in [0, 0.05) is 5.38 Å². The number of hydrogen-bond acceptors (Lipinski definition) is 7. The number of oxime groups is 1. The standard InChI is InChI=1S/C9H9BN2O5S/c1-4(9(15)16-10)17-12-7(8(13)14)6-3-18-5(2)11-6/h3-4H,1-2H3,(H,13,14)/b12-7-/t4-/m1/s1. The summed E-state index contributed by atoms with van der Waals surface area (Å²) in [4.78, 5) is 30.6. The van der Waals surface area contributed by atoms with Crippen LogP contribution < -0.4 is 0 Å². The minimum absolute atomic E-state index is 0.165. The molecule has 94 valence electrons. The lowest BCUT2D eigenvalue weighted by Gasteiger charge is -2.07. The van der Waals surface area contributed by atoms with E-state index in [0.717, 1.165) is 0 Å². The van der Waals surface area contributed by atoms with Crippen LogP contribution in [0.15, 0.2) is 10.5 Å². The van der Waals surface area contributed by atoms with Gasteiger partial charge in [0.1, 0.15) is 5.69 Å². The summed E-state index contributed by atoms with van der Waals surface area (Å²) in [6.45, 7) is 3.05. The molecule has 0 aliphatic rings. The first-order valence-electron chi connectivity index (χ1n) is 4.76. The Labute approximate surface area is 108 Å². The lowest BCUT2D eigenvalue weighted by atomic mass is 10.3. The van der Waals surface area contributed by atoms with Crippen molar-refractivity contribution >= 4 is 37.0 Å². The van der Waals surface area contributed by atoms with Crippen molar-refractivity contribution in [1.82, 2.24) is 4.98 Å². The average Bonchev–Trinajstić information content (AvgIpc) is 2.74. The predicted octanol–water partition coefficient (Wildman–Crippen LogP) is 0.272. The highest BCUT2D eigenvalue weighted by atomic mass is 32.1. The van der Waals surface area contributed by atoms with Gasteiger partial charge in [-0.1, -0.05) is 5.16 Å². The molecule has 0 bridgehead atoms. The summed E-state index contributed by atoms with van der Waals surface area (Å²) in [6, 6.07) is 0. The Kier molecular flexibility index (Phi) is 4.84. The van der Waals surface area contributed by atoms with Gasteiger partial charge in [0.25, 0.3) is 0 Å². The second kappa shape index (κ2) is 6.15. The van der Waals surface area contributed by atoms with Gasteiger partial charge >= 0.3 is 20.0 Å². The summed E-state index contributed by atoms with van der Waals surface area (Å²) < 4.78 is 3.92. The van der Waals surface area contributed by atoms with Gasteiger partial charge in [-0.15, -0.1) is 11.3 Å². The summed E-state index contributed by atoms with van der Waals surface area (Å²) in [5.41, 5.74) is -0.227. The fourth-order valence-electron chi connectivity index (χ4n) is 0.938. The highest BCUT2D eigenvalue weighted by Crippen LogP contribution is 2.10. The van der Waals surface area contributed by atoms with Crippen molar-refractivity contribution in [2.45, 2.75) is 20.0 Å². The van der Waals surface area contributed by atoms with Crippen LogP contribution in [0.4, 0.5) is 0 Å². The minimum atomic E-state index is -1.31. The van der Waals surface area contributed by atoms with Crippen molar-refractivity contribution in [3.05, 3.63) is 16.1 Å². The molecule has 1 aromatic heterocycles. The number of carbonyl (C=O) groups excluding carboxylic acids is 1. The third-order valence-electron chi connectivity index (χ3n) is 1.81. The van der Waals surface area contributed by atoms with Gasteiger partial charge in [-0.05, 0) is 13.8 Å². The number of carboxylic acids is 1. The fraction of sp³-hybridized carbons (Fsp3) is 0.333. The first kappa shape index (κ1) is 14.2. The van der Waals surface area contributed by atoms with Gasteiger partial charge in [-0.3, -0.25) is 0 Å². The molecule has 9 heteroatoms. The topological polar surface area (TPSA) is 98.1 Å². The summed E-state index contributed by atoms with van der Waals surface area (Å²) >= 11 is 1.27. The van der Waals surface area contributed by atoms with Crippen molar-refractivity contribution in [1.29, 1.82) is 0 Å². The van der Waals surface area contributed by atoms with E-state index in [1.165, 1.54) is 23.6 Å². The fourth-order valence-corrected chi connectivity index (χ4v) is 1.54. The largest absolute Gasteiger partial charge is 0.541 e. The molecular formula is C9H9BN2O5S. The molecule has 18 heavy (non-hydrogen) atoms. The van der Waals surface area contributed by atoms with E-state index in [-0.39, 0.29) is 5.69 Å². The van der Waals surface area contributed by atoms with E-state index in [9.17, 15) is 9.59 Å². The van der Waals surface area contributed by atoms with Crippen LogP contribution >= 0.6 is 11.3 Å². The van der Waals surface area contributed by atoms with Gasteiger partial charge in [-0.2, -0.15) is 0 Å². The number of aliphatic carboxylic acids is 1. The van der Waals surface area contributed by atoms with Crippen molar-refractivity contribution in [3.8, 4) is 0 Å². The second-order valence-corrected chi connectivity index (χ2v) is 4.24. The van der Waals surface area contributed by atoms with Crippen LogP contribution in [0.25, 0.3) is 0 Å². The van der Waals surface area contributed by atoms with Gasteiger partial charge in [0.2, 0.25) is 11.8 Å². The van der Waals surface area contributed by atoms with Gasteiger partial charge in [0.15, 0.2) is 0 Å².